The summed E-state index contributed by atoms with van der Waals surface area (Å²) in [5, 5.41) is 2.64. The highest BCUT2D eigenvalue weighted by atomic mass is 79.9. The topological polar surface area (TPSA) is 75.4 Å². The van der Waals surface area contributed by atoms with Crippen LogP contribution in [0.2, 0.25) is 0 Å². The van der Waals surface area contributed by atoms with Crippen LogP contribution in [0.5, 0.6) is 0 Å². The van der Waals surface area contributed by atoms with Gasteiger partial charge in [-0.3, -0.25) is 9.59 Å². The average Bonchev–Trinajstić information content (AvgIpc) is 2.49. The molecule has 0 saturated heterocycles. The highest BCUT2D eigenvalue weighted by Gasteiger charge is 2.14. The number of nitrogens with one attached hydrogen (secondary N) is 1. The van der Waals surface area contributed by atoms with Crippen LogP contribution in [0.3, 0.4) is 0 Å². The van der Waals surface area contributed by atoms with Crippen molar-refractivity contribution in [2.45, 2.75) is 26.3 Å². The lowest BCUT2D eigenvalue weighted by Crippen LogP contribution is -2.40. The van der Waals surface area contributed by atoms with Crippen LogP contribution >= 0.6 is 28.3 Å². The van der Waals surface area contributed by atoms with E-state index in [1.807, 2.05) is 6.07 Å². The number of halogens is 2. The third-order valence-electron chi connectivity index (χ3n) is 3.57. The van der Waals surface area contributed by atoms with Crippen molar-refractivity contribution in [3.63, 3.8) is 0 Å². The van der Waals surface area contributed by atoms with Gasteiger partial charge in [0.25, 0.3) is 5.91 Å². The minimum absolute atomic E-state index is 0. The Morgan fingerprint density at radius 1 is 1.35 bits per heavy atom. The lowest BCUT2D eigenvalue weighted by molar-refractivity contribution is -0.128. The Hall–Kier alpha value is -1.11. The standard InChI is InChI=1S/C16H24BrN3O2.ClH/c1-11(2)14(18)7-8-20(3)15(21)10-19-16(22)12-5-4-6-13(17)9-12;/h4-6,9,11,14H,7-8,10,18H2,1-3H3,(H,19,22);1H. The third kappa shape index (κ3) is 7.81. The molecule has 0 aliphatic carbocycles. The summed E-state index contributed by atoms with van der Waals surface area (Å²) in [7, 11) is 1.72. The number of carbonyl (C=O) groups is 2. The fourth-order valence-corrected chi connectivity index (χ4v) is 2.22. The van der Waals surface area contributed by atoms with Gasteiger partial charge in [0.05, 0.1) is 6.54 Å². The van der Waals surface area contributed by atoms with Gasteiger partial charge in [-0.2, -0.15) is 0 Å². The monoisotopic (exact) mass is 405 g/mol. The number of nitrogens with two attached hydrogens (primary N) is 1. The maximum atomic E-state index is 12.0. The van der Waals surface area contributed by atoms with E-state index in [0.29, 0.717) is 18.0 Å². The predicted molar refractivity (Wildman–Crippen MR) is 98.8 cm³/mol. The quantitative estimate of drug-likeness (QED) is 0.730. The summed E-state index contributed by atoms with van der Waals surface area (Å²) in [5.41, 5.74) is 6.49. The van der Waals surface area contributed by atoms with E-state index in [1.54, 1.807) is 30.1 Å². The minimum atomic E-state index is -0.262. The summed E-state index contributed by atoms with van der Waals surface area (Å²) in [6.45, 7) is 4.69. The van der Waals surface area contributed by atoms with Crippen LogP contribution in [0, 0.1) is 5.92 Å². The molecule has 3 N–H and O–H groups in total. The van der Waals surface area contributed by atoms with E-state index >= 15 is 0 Å². The SMILES string of the molecule is CC(C)C(N)CCN(C)C(=O)CNC(=O)c1cccc(Br)c1.Cl. The maximum Gasteiger partial charge on any atom is 0.251 e. The fraction of sp³-hybridized carbons (Fsp3) is 0.500. The van der Waals surface area contributed by atoms with Crippen molar-refractivity contribution in [1.29, 1.82) is 0 Å². The van der Waals surface area contributed by atoms with Gasteiger partial charge in [0, 0.05) is 29.7 Å². The molecule has 1 rings (SSSR count). The lowest BCUT2D eigenvalue weighted by atomic mass is 10.0. The lowest BCUT2D eigenvalue weighted by Gasteiger charge is -2.21. The van der Waals surface area contributed by atoms with Crippen molar-refractivity contribution in [1.82, 2.24) is 10.2 Å². The van der Waals surface area contributed by atoms with Gasteiger partial charge in [0.2, 0.25) is 5.91 Å². The van der Waals surface area contributed by atoms with Crippen molar-refractivity contribution >= 4 is 40.2 Å². The number of hydrogen-bond acceptors (Lipinski definition) is 3. The molecule has 0 aliphatic rings. The van der Waals surface area contributed by atoms with Crippen LogP contribution in [0.15, 0.2) is 28.7 Å². The largest absolute Gasteiger partial charge is 0.344 e. The van der Waals surface area contributed by atoms with Gasteiger partial charge in [-0.1, -0.05) is 35.8 Å². The number of benzene rings is 1. The minimum Gasteiger partial charge on any atom is -0.344 e. The molecular formula is C16H25BrClN3O2. The van der Waals surface area contributed by atoms with Crippen LogP contribution in [-0.4, -0.2) is 42.9 Å². The number of nitrogens with zero attached hydrogens (tertiary/aromatic N) is 1. The number of amides is 2. The molecule has 7 heteroatoms. The number of carbonyl (C=O) groups excluding carboxylic acids is 2. The zero-order valence-corrected chi connectivity index (χ0v) is 16.1. The van der Waals surface area contributed by atoms with E-state index in [0.717, 1.165) is 10.9 Å². The van der Waals surface area contributed by atoms with E-state index in [1.165, 1.54) is 0 Å². The van der Waals surface area contributed by atoms with Gasteiger partial charge in [0.1, 0.15) is 0 Å². The van der Waals surface area contributed by atoms with Gasteiger partial charge >= 0.3 is 0 Å². The molecule has 0 aromatic heterocycles. The third-order valence-corrected chi connectivity index (χ3v) is 4.06. The van der Waals surface area contributed by atoms with Gasteiger partial charge < -0.3 is 16.0 Å². The highest BCUT2D eigenvalue weighted by molar-refractivity contribution is 9.10. The Morgan fingerprint density at radius 3 is 2.57 bits per heavy atom. The Bertz CT molecular complexity index is 526. The van der Waals surface area contributed by atoms with Gasteiger partial charge in [-0.15, -0.1) is 12.4 Å². The van der Waals surface area contributed by atoms with Gasteiger partial charge in [0.15, 0.2) is 0 Å². The summed E-state index contributed by atoms with van der Waals surface area (Å²) in [6, 6.07) is 7.11. The van der Waals surface area contributed by atoms with Crippen LogP contribution in [0.25, 0.3) is 0 Å². The molecule has 0 heterocycles. The fourth-order valence-electron chi connectivity index (χ4n) is 1.82. The molecule has 5 nitrogen and oxygen atoms in total. The predicted octanol–water partition coefficient (Wildman–Crippen LogP) is 2.43. The molecule has 1 aromatic carbocycles. The molecular weight excluding hydrogens is 382 g/mol. The van der Waals surface area contributed by atoms with Crippen molar-refractivity contribution in [2.24, 2.45) is 11.7 Å². The Labute approximate surface area is 152 Å². The summed E-state index contributed by atoms with van der Waals surface area (Å²) in [5.74, 6) is 0.000895. The summed E-state index contributed by atoms with van der Waals surface area (Å²) in [6.07, 6.45) is 0.749. The first-order valence-corrected chi connectivity index (χ1v) is 8.14. The molecule has 0 fully saturated rings. The van der Waals surface area contributed by atoms with E-state index in [4.69, 9.17) is 5.73 Å². The molecule has 0 aliphatic heterocycles. The summed E-state index contributed by atoms with van der Waals surface area (Å²) < 4.78 is 0.825. The Kier molecular flexibility index (Phi) is 10.1. The zero-order chi connectivity index (χ0) is 16.7. The first kappa shape index (κ1) is 21.9. The zero-order valence-electron chi connectivity index (χ0n) is 13.7. The van der Waals surface area contributed by atoms with E-state index in [9.17, 15) is 9.59 Å². The smallest absolute Gasteiger partial charge is 0.251 e. The van der Waals surface area contributed by atoms with E-state index in [-0.39, 0.29) is 36.8 Å². The average molecular weight is 407 g/mol. The van der Waals surface area contributed by atoms with Crippen molar-refractivity contribution in [3.8, 4) is 0 Å². The van der Waals surface area contributed by atoms with Gasteiger partial charge in [-0.05, 0) is 30.5 Å². The van der Waals surface area contributed by atoms with Gasteiger partial charge in [-0.25, -0.2) is 0 Å². The Morgan fingerprint density at radius 2 is 2.00 bits per heavy atom. The molecule has 0 spiro atoms. The molecule has 0 radical (unpaired) electrons. The van der Waals surface area contributed by atoms with Crippen LogP contribution in [0.1, 0.15) is 30.6 Å². The molecule has 2 amide bonds. The van der Waals surface area contributed by atoms with E-state index in [2.05, 4.69) is 35.1 Å². The maximum absolute atomic E-state index is 12.0. The first-order chi connectivity index (χ1) is 10.3. The van der Waals surface area contributed by atoms with E-state index < -0.39 is 0 Å². The van der Waals surface area contributed by atoms with Crippen molar-refractivity contribution in [2.75, 3.05) is 20.1 Å². The molecule has 1 atom stereocenters. The Balaban J connectivity index is 0.00000484. The normalized spacial score (nSPS) is 11.6. The van der Waals surface area contributed by atoms with Crippen molar-refractivity contribution < 1.29 is 9.59 Å². The van der Waals surface area contributed by atoms with Crippen LogP contribution in [0.4, 0.5) is 0 Å². The second-order valence-electron chi connectivity index (χ2n) is 5.70. The number of hydrogen-bond donors (Lipinski definition) is 2. The first-order valence-electron chi connectivity index (χ1n) is 7.34. The second-order valence-corrected chi connectivity index (χ2v) is 6.62. The number of likely N-dealkylation sites (N-methyl/N-ethyl adjacent to an activating group) is 1. The molecule has 1 aromatic rings. The molecule has 0 saturated carbocycles. The van der Waals surface area contributed by atoms with Crippen molar-refractivity contribution in [3.05, 3.63) is 34.3 Å². The molecule has 23 heavy (non-hydrogen) atoms. The molecule has 0 bridgehead atoms. The van der Waals surface area contributed by atoms with Crippen LogP contribution < -0.4 is 11.1 Å². The molecule has 1 unspecified atom stereocenters. The molecule has 130 valence electrons. The second kappa shape index (κ2) is 10.6. The summed E-state index contributed by atoms with van der Waals surface area (Å²) >= 11 is 3.31. The summed E-state index contributed by atoms with van der Waals surface area (Å²) in [4.78, 5) is 25.5. The number of rotatable bonds is 7. The highest BCUT2D eigenvalue weighted by Crippen LogP contribution is 2.11. The van der Waals surface area contributed by atoms with Crippen LogP contribution in [-0.2, 0) is 4.79 Å².